The van der Waals surface area contributed by atoms with E-state index in [4.69, 9.17) is 5.11 Å². The van der Waals surface area contributed by atoms with Gasteiger partial charge in [0.2, 0.25) is 0 Å². The molecule has 2 rings (SSSR count). The van der Waals surface area contributed by atoms with E-state index in [2.05, 4.69) is 27.9 Å². The van der Waals surface area contributed by atoms with Crippen LogP contribution in [-0.2, 0) is 0 Å². The number of aromatic nitrogens is 1. The summed E-state index contributed by atoms with van der Waals surface area (Å²) < 4.78 is 0. The van der Waals surface area contributed by atoms with Crippen molar-refractivity contribution in [3.63, 3.8) is 0 Å². The van der Waals surface area contributed by atoms with Gasteiger partial charge >= 0.3 is 0 Å². The summed E-state index contributed by atoms with van der Waals surface area (Å²) in [6, 6.07) is 4.54. The van der Waals surface area contributed by atoms with Crippen molar-refractivity contribution in [1.82, 2.24) is 9.88 Å². The molecular formula is C15H22N4O. The first-order chi connectivity index (χ1) is 9.56. The number of likely N-dealkylation sites (N-methyl/N-ethyl adjacent to an activating group) is 1. The average Bonchev–Trinajstić information content (AvgIpc) is 2.41. The van der Waals surface area contributed by atoms with Crippen molar-refractivity contribution in [3.05, 3.63) is 22.9 Å². The summed E-state index contributed by atoms with van der Waals surface area (Å²) in [7, 11) is 2.08. The summed E-state index contributed by atoms with van der Waals surface area (Å²) >= 11 is 0. The molecule has 1 aliphatic heterocycles. The van der Waals surface area contributed by atoms with Crippen LogP contribution in [0.3, 0.4) is 0 Å². The first-order valence-corrected chi connectivity index (χ1v) is 7.01. The molecule has 1 aliphatic rings. The molecule has 0 spiro atoms. The predicted molar refractivity (Wildman–Crippen MR) is 78.8 cm³/mol. The fourth-order valence-electron chi connectivity index (χ4n) is 2.78. The van der Waals surface area contributed by atoms with Gasteiger partial charge in [-0.1, -0.05) is 0 Å². The molecule has 20 heavy (non-hydrogen) atoms. The predicted octanol–water partition coefficient (Wildman–Crippen LogP) is 1.07. The van der Waals surface area contributed by atoms with Gasteiger partial charge in [-0.25, -0.2) is 4.98 Å². The van der Waals surface area contributed by atoms with Crippen LogP contribution in [0, 0.1) is 25.2 Å². The second-order valence-electron chi connectivity index (χ2n) is 5.48. The van der Waals surface area contributed by atoms with Gasteiger partial charge in [-0.15, -0.1) is 0 Å². The largest absolute Gasteiger partial charge is 0.396 e. The molecule has 1 aromatic heterocycles. The third kappa shape index (κ3) is 2.92. The zero-order valence-corrected chi connectivity index (χ0v) is 12.4. The van der Waals surface area contributed by atoms with Crippen LogP contribution in [0.5, 0.6) is 0 Å². The molecule has 108 valence electrons. The number of aliphatic hydroxyl groups excluding tert-OH is 1. The topological polar surface area (TPSA) is 63.4 Å². The highest BCUT2D eigenvalue weighted by Gasteiger charge is 2.26. The van der Waals surface area contributed by atoms with Crippen LogP contribution >= 0.6 is 0 Å². The normalized spacial score (nSPS) is 19.9. The van der Waals surface area contributed by atoms with Gasteiger partial charge in [0.1, 0.15) is 11.9 Å². The third-order valence-electron chi connectivity index (χ3n) is 3.98. The summed E-state index contributed by atoms with van der Waals surface area (Å²) in [6.45, 7) is 6.69. The Morgan fingerprint density at radius 1 is 1.45 bits per heavy atom. The number of anilines is 1. The van der Waals surface area contributed by atoms with Gasteiger partial charge in [0.05, 0.1) is 5.56 Å². The van der Waals surface area contributed by atoms with Crippen LogP contribution in [0.4, 0.5) is 5.82 Å². The lowest BCUT2D eigenvalue weighted by Gasteiger charge is -2.40. The lowest BCUT2D eigenvalue weighted by atomic mass is 10.1. The van der Waals surface area contributed by atoms with E-state index in [0.29, 0.717) is 11.6 Å². The number of pyridine rings is 1. The minimum Gasteiger partial charge on any atom is -0.396 e. The number of piperazine rings is 1. The van der Waals surface area contributed by atoms with Gasteiger partial charge in [0.25, 0.3) is 0 Å². The van der Waals surface area contributed by atoms with E-state index in [9.17, 15) is 5.26 Å². The first-order valence-electron chi connectivity index (χ1n) is 7.01. The van der Waals surface area contributed by atoms with Crippen molar-refractivity contribution in [3.8, 4) is 6.07 Å². The van der Waals surface area contributed by atoms with Gasteiger partial charge in [-0.3, -0.25) is 4.90 Å². The maximum Gasteiger partial charge on any atom is 0.147 e. The maximum absolute atomic E-state index is 9.37. The molecule has 0 saturated carbocycles. The molecule has 2 heterocycles. The van der Waals surface area contributed by atoms with E-state index in [1.165, 1.54) is 0 Å². The molecule has 1 saturated heterocycles. The van der Waals surface area contributed by atoms with E-state index in [1.54, 1.807) is 0 Å². The molecule has 0 aliphatic carbocycles. The lowest BCUT2D eigenvalue weighted by Crippen LogP contribution is -2.52. The van der Waals surface area contributed by atoms with Gasteiger partial charge in [0.15, 0.2) is 0 Å². The first kappa shape index (κ1) is 14.8. The zero-order valence-electron chi connectivity index (χ0n) is 12.4. The van der Waals surface area contributed by atoms with E-state index in [-0.39, 0.29) is 6.61 Å². The summed E-state index contributed by atoms with van der Waals surface area (Å²) in [6.07, 6.45) is 0.750. The second kappa shape index (κ2) is 6.21. The Labute approximate surface area is 120 Å². The Hall–Kier alpha value is -1.64. The number of aryl methyl sites for hydroxylation is 2. The van der Waals surface area contributed by atoms with E-state index >= 15 is 0 Å². The Kier molecular flexibility index (Phi) is 4.58. The van der Waals surface area contributed by atoms with Gasteiger partial charge < -0.3 is 10.0 Å². The molecule has 0 radical (unpaired) electrons. The number of nitriles is 1. The zero-order chi connectivity index (χ0) is 14.7. The molecule has 0 aromatic carbocycles. The van der Waals surface area contributed by atoms with Crippen LogP contribution in [0.1, 0.15) is 23.2 Å². The highest BCUT2D eigenvalue weighted by Crippen LogP contribution is 2.24. The Morgan fingerprint density at radius 2 is 2.20 bits per heavy atom. The van der Waals surface area contributed by atoms with Crippen molar-refractivity contribution in [2.75, 3.05) is 38.2 Å². The van der Waals surface area contributed by atoms with E-state index < -0.39 is 0 Å². The number of rotatable bonds is 3. The molecule has 0 unspecified atom stereocenters. The Bertz CT molecular complexity index is 523. The quantitative estimate of drug-likeness (QED) is 0.893. The summed E-state index contributed by atoms with van der Waals surface area (Å²) in [5.41, 5.74) is 2.59. The minimum atomic E-state index is 0.189. The SMILES string of the molecule is Cc1cc(C)c(C#N)c(N2CCN(C)[C@H](CCO)C2)n1. The van der Waals surface area contributed by atoms with Gasteiger partial charge in [-0.05, 0) is 38.9 Å². The van der Waals surface area contributed by atoms with E-state index in [1.807, 2.05) is 19.9 Å². The molecule has 1 aromatic rings. The summed E-state index contributed by atoms with van der Waals surface area (Å²) in [5.74, 6) is 0.793. The van der Waals surface area contributed by atoms with E-state index in [0.717, 1.165) is 43.1 Å². The van der Waals surface area contributed by atoms with Crippen LogP contribution in [0.2, 0.25) is 0 Å². The standard InChI is InChI=1S/C15H22N4O/c1-11-8-12(2)17-15(14(11)9-16)19-6-5-18(3)13(10-19)4-7-20/h8,13,20H,4-7,10H2,1-3H3/t13-/m1/s1. The molecule has 0 bridgehead atoms. The summed E-state index contributed by atoms with van der Waals surface area (Å²) in [4.78, 5) is 9.02. The fourth-order valence-corrected chi connectivity index (χ4v) is 2.78. The minimum absolute atomic E-state index is 0.189. The maximum atomic E-state index is 9.37. The third-order valence-corrected chi connectivity index (χ3v) is 3.98. The van der Waals surface area contributed by atoms with Crippen LogP contribution in [0.15, 0.2) is 6.07 Å². The molecule has 1 N–H and O–H groups in total. The second-order valence-corrected chi connectivity index (χ2v) is 5.48. The Balaban J connectivity index is 2.30. The monoisotopic (exact) mass is 274 g/mol. The van der Waals surface area contributed by atoms with Crippen molar-refractivity contribution in [2.24, 2.45) is 0 Å². The molecule has 1 atom stereocenters. The highest BCUT2D eigenvalue weighted by molar-refractivity contribution is 5.58. The van der Waals surface area contributed by atoms with Crippen molar-refractivity contribution < 1.29 is 5.11 Å². The molecule has 5 heteroatoms. The molecule has 1 fully saturated rings. The number of aliphatic hydroxyl groups is 1. The van der Waals surface area contributed by atoms with Gasteiger partial charge in [-0.2, -0.15) is 5.26 Å². The molecular weight excluding hydrogens is 252 g/mol. The lowest BCUT2D eigenvalue weighted by molar-refractivity contribution is 0.170. The van der Waals surface area contributed by atoms with Crippen molar-refractivity contribution in [1.29, 1.82) is 5.26 Å². The molecule has 5 nitrogen and oxygen atoms in total. The average molecular weight is 274 g/mol. The number of hydrogen-bond donors (Lipinski definition) is 1. The number of hydrogen-bond acceptors (Lipinski definition) is 5. The van der Waals surface area contributed by atoms with Crippen LogP contribution < -0.4 is 4.90 Å². The van der Waals surface area contributed by atoms with Crippen LogP contribution in [0.25, 0.3) is 0 Å². The highest BCUT2D eigenvalue weighted by atomic mass is 16.3. The van der Waals surface area contributed by atoms with Crippen LogP contribution in [-0.4, -0.2) is 54.3 Å². The van der Waals surface area contributed by atoms with Crippen molar-refractivity contribution >= 4 is 5.82 Å². The Morgan fingerprint density at radius 3 is 2.85 bits per heavy atom. The summed E-state index contributed by atoms with van der Waals surface area (Å²) in [5, 5.41) is 18.5. The fraction of sp³-hybridized carbons (Fsp3) is 0.600. The smallest absolute Gasteiger partial charge is 0.147 e. The number of nitrogens with zero attached hydrogens (tertiary/aromatic N) is 4. The van der Waals surface area contributed by atoms with Crippen molar-refractivity contribution in [2.45, 2.75) is 26.3 Å². The van der Waals surface area contributed by atoms with Gasteiger partial charge in [0, 0.05) is 38.0 Å². The molecule has 0 amide bonds.